The average molecular weight is 195 g/mol. The third kappa shape index (κ3) is 1.61. The Morgan fingerprint density at radius 2 is 2.15 bits per heavy atom. The number of hydrogen-bond donors (Lipinski definition) is 0. The second-order valence-corrected chi connectivity index (χ2v) is 5.08. The van der Waals surface area contributed by atoms with Crippen molar-refractivity contribution in [2.75, 3.05) is 0 Å². The highest BCUT2D eigenvalue weighted by atomic mass is 32.2. The van der Waals surface area contributed by atoms with Crippen molar-refractivity contribution in [1.82, 2.24) is 0 Å². The van der Waals surface area contributed by atoms with Gasteiger partial charge >= 0.3 is 0 Å². The fourth-order valence-electron chi connectivity index (χ4n) is 1.24. The Balaban J connectivity index is 2.54. The van der Waals surface area contributed by atoms with Gasteiger partial charge in [-0.15, -0.1) is 0 Å². The van der Waals surface area contributed by atoms with Crippen LogP contribution in [0.25, 0.3) is 0 Å². The number of rotatable bonds is 0. The zero-order valence-corrected chi connectivity index (χ0v) is 8.36. The monoisotopic (exact) mass is 195 g/mol. The van der Waals surface area contributed by atoms with Crippen LogP contribution in [-0.4, -0.2) is 11.1 Å². The van der Waals surface area contributed by atoms with E-state index in [1.807, 2.05) is 19.9 Å². The fourth-order valence-corrected chi connectivity index (χ4v) is 2.25. The number of halogens is 1. The molecule has 1 aliphatic heterocycles. The van der Waals surface area contributed by atoms with Crippen LogP contribution in [0.5, 0.6) is 0 Å². The summed E-state index contributed by atoms with van der Waals surface area (Å²) < 4.78 is 13.3. The molecule has 0 amide bonds. The Morgan fingerprint density at radius 1 is 1.38 bits per heavy atom. The standard InChI is InChI=1S/C10H10FNS/c1-10(2)12-6-7-4-3-5-8(11)9(7)13-10/h3-6H,1-2H3. The van der Waals surface area contributed by atoms with E-state index >= 15 is 0 Å². The summed E-state index contributed by atoms with van der Waals surface area (Å²) in [5.41, 5.74) is 0.879. The molecule has 1 aromatic carbocycles. The maximum absolute atomic E-state index is 13.3. The van der Waals surface area contributed by atoms with Crippen LogP contribution in [0.2, 0.25) is 0 Å². The third-order valence-corrected chi connectivity index (χ3v) is 3.10. The van der Waals surface area contributed by atoms with Gasteiger partial charge in [-0.2, -0.15) is 0 Å². The highest BCUT2D eigenvalue weighted by Gasteiger charge is 2.24. The zero-order valence-electron chi connectivity index (χ0n) is 7.54. The Labute approximate surface area is 81.1 Å². The summed E-state index contributed by atoms with van der Waals surface area (Å²) in [6, 6.07) is 5.07. The minimum absolute atomic E-state index is 0.151. The molecular formula is C10H10FNS. The first kappa shape index (κ1) is 8.75. The van der Waals surface area contributed by atoms with Crippen molar-refractivity contribution < 1.29 is 4.39 Å². The maximum atomic E-state index is 13.3. The Hall–Kier alpha value is -0.830. The van der Waals surface area contributed by atoms with Crippen molar-refractivity contribution >= 4 is 18.0 Å². The molecule has 1 heterocycles. The lowest BCUT2D eigenvalue weighted by atomic mass is 10.2. The van der Waals surface area contributed by atoms with E-state index in [1.165, 1.54) is 17.8 Å². The molecular weight excluding hydrogens is 185 g/mol. The number of aliphatic imine (C=N–C) groups is 1. The van der Waals surface area contributed by atoms with Gasteiger partial charge in [-0.05, 0) is 19.9 Å². The van der Waals surface area contributed by atoms with E-state index in [4.69, 9.17) is 0 Å². The lowest BCUT2D eigenvalue weighted by Crippen LogP contribution is -2.16. The molecule has 0 spiro atoms. The first-order valence-corrected chi connectivity index (χ1v) is 4.93. The van der Waals surface area contributed by atoms with Gasteiger partial charge in [0, 0.05) is 11.8 Å². The van der Waals surface area contributed by atoms with E-state index in [1.54, 1.807) is 12.3 Å². The number of fused-ring (bicyclic) bond motifs is 1. The topological polar surface area (TPSA) is 12.4 Å². The van der Waals surface area contributed by atoms with Crippen LogP contribution in [0.4, 0.5) is 4.39 Å². The van der Waals surface area contributed by atoms with Crippen molar-refractivity contribution in [3.8, 4) is 0 Å². The predicted molar refractivity (Wildman–Crippen MR) is 53.9 cm³/mol. The molecule has 0 aromatic heterocycles. The normalized spacial score (nSPS) is 18.4. The van der Waals surface area contributed by atoms with Gasteiger partial charge in [0.25, 0.3) is 0 Å². The van der Waals surface area contributed by atoms with Gasteiger partial charge in [0.05, 0.1) is 4.90 Å². The maximum Gasteiger partial charge on any atom is 0.137 e. The van der Waals surface area contributed by atoms with Crippen LogP contribution in [0.15, 0.2) is 28.1 Å². The third-order valence-electron chi connectivity index (χ3n) is 1.86. The van der Waals surface area contributed by atoms with Crippen molar-refractivity contribution in [2.24, 2.45) is 4.99 Å². The van der Waals surface area contributed by atoms with Gasteiger partial charge in [0.1, 0.15) is 10.7 Å². The van der Waals surface area contributed by atoms with E-state index < -0.39 is 0 Å². The largest absolute Gasteiger partial charge is 0.275 e. The molecule has 0 aliphatic carbocycles. The van der Waals surface area contributed by atoms with E-state index in [0.29, 0.717) is 4.90 Å². The summed E-state index contributed by atoms with van der Waals surface area (Å²) in [7, 11) is 0. The van der Waals surface area contributed by atoms with E-state index in [0.717, 1.165) is 5.56 Å². The molecule has 2 rings (SSSR count). The van der Waals surface area contributed by atoms with Gasteiger partial charge in [-0.25, -0.2) is 4.39 Å². The molecule has 0 unspecified atom stereocenters. The molecule has 13 heavy (non-hydrogen) atoms. The highest BCUT2D eigenvalue weighted by molar-refractivity contribution is 8.00. The quantitative estimate of drug-likeness (QED) is 0.619. The Morgan fingerprint density at radius 3 is 2.92 bits per heavy atom. The minimum Gasteiger partial charge on any atom is -0.275 e. The fraction of sp³-hybridized carbons (Fsp3) is 0.300. The lowest BCUT2D eigenvalue weighted by molar-refractivity contribution is 0.598. The first-order chi connectivity index (χ1) is 6.08. The SMILES string of the molecule is CC1(C)N=Cc2cccc(F)c2S1. The van der Waals surface area contributed by atoms with Crippen molar-refractivity contribution in [2.45, 2.75) is 23.6 Å². The van der Waals surface area contributed by atoms with Gasteiger partial charge < -0.3 is 0 Å². The Bertz CT molecular complexity index is 371. The number of thioether (sulfide) groups is 1. The van der Waals surface area contributed by atoms with Crippen LogP contribution < -0.4 is 0 Å². The number of nitrogens with zero attached hydrogens (tertiary/aromatic N) is 1. The summed E-state index contributed by atoms with van der Waals surface area (Å²) in [5, 5.41) is 0. The van der Waals surface area contributed by atoms with Crippen LogP contribution in [0.1, 0.15) is 19.4 Å². The van der Waals surface area contributed by atoms with Crippen LogP contribution in [0.3, 0.4) is 0 Å². The van der Waals surface area contributed by atoms with Crippen molar-refractivity contribution in [3.05, 3.63) is 29.6 Å². The smallest absolute Gasteiger partial charge is 0.137 e. The molecule has 0 N–H and O–H groups in total. The van der Waals surface area contributed by atoms with Crippen LogP contribution >= 0.6 is 11.8 Å². The lowest BCUT2D eigenvalue weighted by Gasteiger charge is -2.24. The summed E-state index contributed by atoms with van der Waals surface area (Å²) in [6.45, 7) is 3.95. The van der Waals surface area contributed by atoms with Gasteiger partial charge in [-0.3, -0.25) is 4.99 Å². The Kier molecular flexibility index (Phi) is 1.91. The second kappa shape index (κ2) is 2.84. The van der Waals surface area contributed by atoms with Gasteiger partial charge in [0.15, 0.2) is 0 Å². The summed E-state index contributed by atoms with van der Waals surface area (Å²) in [6.07, 6.45) is 1.74. The van der Waals surface area contributed by atoms with Gasteiger partial charge in [-0.1, -0.05) is 23.9 Å². The highest BCUT2D eigenvalue weighted by Crippen LogP contribution is 2.39. The molecule has 68 valence electrons. The minimum atomic E-state index is -0.241. The molecule has 3 heteroatoms. The van der Waals surface area contributed by atoms with Crippen molar-refractivity contribution in [1.29, 1.82) is 0 Å². The molecule has 0 atom stereocenters. The molecule has 0 saturated carbocycles. The first-order valence-electron chi connectivity index (χ1n) is 4.11. The molecule has 0 fully saturated rings. The van der Waals surface area contributed by atoms with Gasteiger partial charge in [0.2, 0.25) is 0 Å². The summed E-state index contributed by atoms with van der Waals surface area (Å²) >= 11 is 1.47. The molecule has 1 aliphatic rings. The predicted octanol–water partition coefficient (Wildman–Crippen LogP) is 3.09. The molecule has 0 bridgehead atoms. The summed E-state index contributed by atoms with van der Waals surface area (Å²) in [5.74, 6) is -0.151. The van der Waals surface area contributed by atoms with Crippen LogP contribution in [-0.2, 0) is 0 Å². The van der Waals surface area contributed by atoms with E-state index in [2.05, 4.69) is 4.99 Å². The second-order valence-electron chi connectivity index (χ2n) is 3.47. The van der Waals surface area contributed by atoms with Crippen LogP contribution in [0, 0.1) is 5.82 Å². The molecule has 1 nitrogen and oxygen atoms in total. The summed E-state index contributed by atoms with van der Waals surface area (Å²) in [4.78, 5) is 4.79. The number of benzene rings is 1. The average Bonchev–Trinajstić information content (AvgIpc) is 2.06. The molecule has 0 radical (unpaired) electrons. The number of hydrogen-bond acceptors (Lipinski definition) is 2. The van der Waals surface area contributed by atoms with Crippen molar-refractivity contribution in [3.63, 3.8) is 0 Å². The zero-order chi connectivity index (χ0) is 9.47. The van der Waals surface area contributed by atoms with E-state index in [-0.39, 0.29) is 10.7 Å². The molecule has 1 aromatic rings. The molecule has 0 saturated heterocycles. The van der Waals surface area contributed by atoms with E-state index in [9.17, 15) is 4.39 Å².